The number of ether oxygens (including phenoxy) is 2. The van der Waals surface area contributed by atoms with Crippen LogP contribution in [-0.4, -0.2) is 36.9 Å². The summed E-state index contributed by atoms with van der Waals surface area (Å²) in [6, 6.07) is 17.7. The molecule has 0 radical (unpaired) electrons. The van der Waals surface area contributed by atoms with E-state index in [4.69, 9.17) is 14.5 Å². The summed E-state index contributed by atoms with van der Waals surface area (Å²) in [4.78, 5) is 35.1. The van der Waals surface area contributed by atoms with Crippen LogP contribution in [-0.2, 0) is 19.1 Å². The molecule has 3 aromatic rings. The maximum atomic E-state index is 12.9. The summed E-state index contributed by atoms with van der Waals surface area (Å²) in [5.41, 5.74) is 5.03. The molecule has 168 valence electrons. The van der Waals surface area contributed by atoms with Gasteiger partial charge in [-0.1, -0.05) is 54.6 Å². The summed E-state index contributed by atoms with van der Waals surface area (Å²) in [5.74, 6) is -2.32. The van der Waals surface area contributed by atoms with Gasteiger partial charge in [0, 0.05) is 33.8 Å². The second-order valence-corrected chi connectivity index (χ2v) is 8.57. The molecular formula is C26H24N2O4S. The van der Waals surface area contributed by atoms with Crippen LogP contribution in [0.1, 0.15) is 25.3 Å². The minimum absolute atomic E-state index is 0.353. The summed E-state index contributed by atoms with van der Waals surface area (Å²) in [6.07, 6.45) is 0. The van der Waals surface area contributed by atoms with E-state index in [0.717, 1.165) is 27.4 Å². The fourth-order valence-corrected chi connectivity index (χ4v) is 5.16. The highest BCUT2D eigenvalue weighted by Gasteiger charge is 2.43. The van der Waals surface area contributed by atoms with Gasteiger partial charge in [-0.05, 0) is 19.4 Å². The van der Waals surface area contributed by atoms with Crippen LogP contribution in [0.5, 0.6) is 0 Å². The molecule has 0 saturated carbocycles. The van der Waals surface area contributed by atoms with E-state index in [2.05, 4.69) is 4.99 Å². The molecule has 0 N–H and O–H groups in total. The molecule has 0 aliphatic carbocycles. The van der Waals surface area contributed by atoms with E-state index in [1.54, 1.807) is 13.8 Å². The molecule has 0 spiro atoms. The summed E-state index contributed by atoms with van der Waals surface area (Å²) < 4.78 is 10.2. The Labute approximate surface area is 196 Å². The lowest BCUT2D eigenvalue weighted by molar-refractivity contribution is -0.143. The first-order chi connectivity index (χ1) is 16.0. The molecular weight excluding hydrogens is 436 g/mol. The van der Waals surface area contributed by atoms with Gasteiger partial charge in [0.05, 0.1) is 25.5 Å². The zero-order valence-corrected chi connectivity index (χ0v) is 19.7. The Bertz CT molecular complexity index is 1260. The van der Waals surface area contributed by atoms with Gasteiger partial charge in [0.25, 0.3) is 0 Å². The number of carbonyl (C=O) groups is 2. The van der Waals surface area contributed by atoms with Crippen LogP contribution in [0.25, 0.3) is 21.8 Å². The predicted molar refractivity (Wildman–Crippen MR) is 129 cm³/mol. The summed E-state index contributed by atoms with van der Waals surface area (Å²) in [7, 11) is 2.67. The van der Waals surface area contributed by atoms with E-state index in [1.165, 1.54) is 25.6 Å². The van der Waals surface area contributed by atoms with Crippen LogP contribution in [0.15, 0.2) is 76.2 Å². The molecule has 2 unspecified atom stereocenters. The van der Waals surface area contributed by atoms with Crippen molar-refractivity contribution in [1.29, 1.82) is 0 Å². The molecule has 6 nitrogen and oxygen atoms in total. The molecule has 2 aromatic carbocycles. The van der Waals surface area contributed by atoms with Crippen LogP contribution in [0, 0.1) is 5.92 Å². The first-order valence-electron chi connectivity index (χ1n) is 10.5. The van der Waals surface area contributed by atoms with Crippen molar-refractivity contribution in [3.8, 4) is 21.8 Å². The van der Waals surface area contributed by atoms with Gasteiger partial charge in [0.2, 0.25) is 0 Å². The first kappa shape index (κ1) is 22.6. The Morgan fingerprint density at radius 2 is 1.64 bits per heavy atom. The number of methoxy groups -OCH3 is 2. The maximum Gasteiger partial charge on any atom is 0.336 e. The van der Waals surface area contributed by atoms with E-state index in [1.807, 2.05) is 60.0 Å². The highest BCUT2D eigenvalue weighted by atomic mass is 32.1. The van der Waals surface area contributed by atoms with Crippen molar-refractivity contribution in [1.82, 2.24) is 4.98 Å². The summed E-state index contributed by atoms with van der Waals surface area (Å²) in [6.45, 7) is 3.54. The lowest BCUT2D eigenvalue weighted by atomic mass is 9.74. The number of benzene rings is 2. The molecule has 0 saturated heterocycles. The summed E-state index contributed by atoms with van der Waals surface area (Å²) in [5, 5.41) is 2.81. The van der Waals surface area contributed by atoms with E-state index in [0.29, 0.717) is 17.0 Å². The zero-order chi connectivity index (χ0) is 23.5. The molecule has 2 atom stereocenters. The Morgan fingerprint density at radius 3 is 2.33 bits per heavy atom. The minimum Gasteiger partial charge on any atom is -0.468 e. The number of nitrogens with zero attached hydrogens (tertiary/aromatic N) is 2. The maximum absolute atomic E-state index is 12.9. The van der Waals surface area contributed by atoms with E-state index in [-0.39, 0.29) is 0 Å². The van der Waals surface area contributed by atoms with Crippen molar-refractivity contribution in [3.63, 3.8) is 0 Å². The fourth-order valence-electron chi connectivity index (χ4n) is 4.28. The van der Waals surface area contributed by atoms with Crippen LogP contribution < -0.4 is 0 Å². The molecule has 0 fully saturated rings. The van der Waals surface area contributed by atoms with Gasteiger partial charge in [-0.3, -0.25) is 9.79 Å². The van der Waals surface area contributed by atoms with E-state index in [9.17, 15) is 9.59 Å². The third-order valence-corrected chi connectivity index (χ3v) is 6.66. The van der Waals surface area contributed by atoms with Crippen LogP contribution >= 0.6 is 11.3 Å². The first-order valence-corrected chi connectivity index (χ1v) is 11.4. The average molecular weight is 461 g/mol. The number of carbonyl (C=O) groups excluding carboxylic acids is 2. The van der Waals surface area contributed by atoms with Gasteiger partial charge < -0.3 is 9.47 Å². The SMILES string of the molecule is COC(=O)C1=C(C)N=C(C)C(C(=O)OC)C1c1ccccc1-c1nc(-c2ccccc2)cs1. The lowest BCUT2D eigenvalue weighted by Gasteiger charge is -2.32. The topological polar surface area (TPSA) is 77.8 Å². The molecule has 0 amide bonds. The Morgan fingerprint density at radius 1 is 0.939 bits per heavy atom. The molecule has 1 aliphatic heterocycles. The molecule has 2 heterocycles. The number of hydrogen-bond acceptors (Lipinski definition) is 7. The zero-order valence-electron chi connectivity index (χ0n) is 18.9. The molecule has 7 heteroatoms. The van der Waals surface area contributed by atoms with Crippen molar-refractivity contribution in [2.45, 2.75) is 19.8 Å². The number of aliphatic imine (C=N–C) groups is 1. The van der Waals surface area contributed by atoms with Gasteiger partial charge in [0.15, 0.2) is 0 Å². The largest absolute Gasteiger partial charge is 0.468 e. The molecule has 1 aromatic heterocycles. The summed E-state index contributed by atoms with van der Waals surface area (Å²) >= 11 is 1.52. The van der Waals surface area contributed by atoms with Crippen molar-refractivity contribution in [2.24, 2.45) is 10.9 Å². The number of rotatable bonds is 5. The predicted octanol–water partition coefficient (Wildman–Crippen LogP) is 5.27. The van der Waals surface area contributed by atoms with E-state index >= 15 is 0 Å². The number of aromatic nitrogens is 1. The smallest absolute Gasteiger partial charge is 0.336 e. The second-order valence-electron chi connectivity index (χ2n) is 7.71. The fraction of sp³-hybridized carbons (Fsp3) is 0.231. The second kappa shape index (κ2) is 9.50. The third kappa shape index (κ3) is 4.24. The molecule has 33 heavy (non-hydrogen) atoms. The minimum atomic E-state index is -0.748. The van der Waals surface area contributed by atoms with Crippen molar-refractivity contribution in [2.75, 3.05) is 14.2 Å². The van der Waals surface area contributed by atoms with Crippen LogP contribution in [0.3, 0.4) is 0 Å². The van der Waals surface area contributed by atoms with Gasteiger partial charge in [-0.2, -0.15) is 0 Å². The average Bonchev–Trinajstić information content (AvgIpc) is 3.33. The quantitative estimate of drug-likeness (QED) is 0.485. The van der Waals surface area contributed by atoms with Gasteiger partial charge in [-0.25, -0.2) is 9.78 Å². The van der Waals surface area contributed by atoms with Gasteiger partial charge in [0.1, 0.15) is 10.9 Å². The van der Waals surface area contributed by atoms with E-state index < -0.39 is 23.8 Å². The number of esters is 2. The molecule has 1 aliphatic rings. The Hall–Kier alpha value is -3.58. The number of hydrogen-bond donors (Lipinski definition) is 0. The number of allylic oxidation sites excluding steroid dienone is 1. The number of thiazole rings is 1. The highest BCUT2D eigenvalue weighted by molar-refractivity contribution is 7.13. The van der Waals surface area contributed by atoms with Crippen molar-refractivity contribution >= 4 is 29.0 Å². The van der Waals surface area contributed by atoms with Crippen LogP contribution in [0.2, 0.25) is 0 Å². The van der Waals surface area contributed by atoms with Crippen molar-refractivity contribution < 1.29 is 19.1 Å². The monoisotopic (exact) mass is 460 g/mol. The van der Waals surface area contributed by atoms with Crippen LogP contribution in [0.4, 0.5) is 0 Å². The lowest BCUT2D eigenvalue weighted by Crippen LogP contribution is -2.36. The van der Waals surface area contributed by atoms with Gasteiger partial charge >= 0.3 is 11.9 Å². The van der Waals surface area contributed by atoms with Gasteiger partial charge in [-0.15, -0.1) is 11.3 Å². The third-order valence-electron chi connectivity index (χ3n) is 5.79. The molecule has 4 rings (SSSR count). The Kier molecular flexibility index (Phi) is 6.51. The van der Waals surface area contributed by atoms with Crippen molar-refractivity contribution in [3.05, 3.63) is 76.8 Å². The molecule has 0 bridgehead atoms. The highest BCUT2D eigenvalue weighted by Crippen LogP contribution is 2.44. The standard InChI is InChI=1S/C26H24N2O4S/c1-15-21(25(29)31-3)23(22(16(2)27-15)26(30)32-4)18-12-8-9-13-19(18)24-28-20(14-33-24)17-10-6-5-7-11-17/h5-14,21,23H,1-4H3. The Balaban J connectivity index is 1.89. The normalized spacial score (nSPS) is 18.0.